The zero-order valence-electron chi connectivity index (χ0n) is 10.0. The summed E-state index contributed by atoms with van der Waals surface area (Å²) in [5, 5.41) is 6.16. The molecule has 2 N–H and O–H groups in total. The fraction of sp³-hybridized carbons (Fsp3) is 0.909. The normalized spacial score (nSPS) is 25.8. The molecule has 1 amide bonds. The fourth-order valence-corrected chi connectivity index (χ4v) is 2.15. The molecule has 1 saturated heterocycles. The van der Waals surface area contributed by atoms with Crippen molar-refractivity contribution in [1.82, 2.24) is 15.5 Å². The van der Waals surface area contributed by atoms with Crippen LogP contribution in [0, 0.1) is 5.92 Å². The van der Waals surface area contributed by atoms with Gasteiger partial charge in [-0.2, -0.15) is 0 Å². The Hall–Kier alpha value is -0.610. The molecular weight excluding hydrogens is 190 g/mol. The maximum absolute atomic E-state index is 11.3. The molecule has 0 aromatic heterocycles. The van der Waals surface area contributed by atoms with Crippen molar-refractivity contribution in [2.75, 3.05) is 33.2 Å². The van der Waals surface area contributed by atoms with E-state index >= 15 is 0 Å². The van der Waals surface area contributed by atoms with Crippen molar-refractivity contribution in [3.05, 3.63) is 0 Å². The van der Waals surface area contributed by atoms with Gasteiger partial charge in [0.05, 0.1) is 0 Å². The second kappa shape index (κ2) is 6.08. The van der Waals surface area contributed by atoms with Crippen LogP contribution in [0.15, 0.2) is 0 Å². The number of nitrogens with zero attached hydrogens (tertiary/aromatic N) is 1. The first kappa shape index (κ1) is 12.5. The number of nitrogens with one attached hydrogen (secondary N) is 2. The molecule has 2 unspecified atom stereocenters. The molecule has 0 aromatic carbocycles. The molecule has 4 nitrogen and oxygen atoms in total. The van der Waals surface area contributed by atoms with Gasteiger partial charge in [-0.25, -0.2) is 0 Å². The Bertz CT molecular complexity index is 208. The third-order valence-corrected chi connectivity index (χ3v) is 2.72. The van der Waals surface area contributed by atoms with Gasteiger partial charge in [0.1, 0.15) is 0 Å². The Morgan fingerprint density at radius 1 is 1.67 bits per heavy atom. The Labute approximate surface area is 92.4 Å². The third kappa shape index (κ3) is 4.62. The lowest BCUT2D eigenvalue weighted by Gasteiger charge is -2.25. The van der Waals surface area contributed by atoms with Crippen LogP contribution in [-0.2, 0) is 4.79 Å². The minimum atomic E-state index is 0.186. The number of hydrogen-bond acceptors (Lipinski definition) is 3. The molecule has 0 saturated carbocycles. The highest BCUT2D eigenvalue weighted by molar-refractivity contribution is 5.76. The molecule has 1 aliphatic rings. The van der Waals surface area contributed by atoms with Gasteiger partial charge in [-0.05, 0) is 26.4 Å². The average Bonchev–Trinajstić information content (AvgIpc) is 2.27. The van der Waals surface area contributed by atoms with Crippen LogP contribution in [0.4, 0.5) is 0 Å². The van der Waals surface area contributed by atoms with Gasteiger partial charge in [0, 0.05) is 32.1 Å². The van der Waals surface area contributed by atoms with E-state index in [1.165, 1.54) is 0 Å². The van der Waals surface area contributed by atoms with Gasteiger partial charge in [0.25, 0.3) is 0 Å². The van der Waals surface area contributed by atoms with Gasteiger partial charge in [0.15, 0.2) is 0 Å². The predicted octanol–water partition coefficient (Wildman–Crippen LogP) is 0.0523. The van der Waals surface area contributed by atoms with Crippen molar-refractivity contribution in [2.45, 2.75) is 26.3 Å². The molecule has 0 radical (unpaired) electrons. The number of carbonyl (C=O) groups is 1. The first-order valence-corrected chi connectivity index (χ1v) is 5.78. The molecule has 1 fully saturated rings. The van der Waals surface area contributed by atoms with Crippen LogP contribution in [0.2, 0.25) is 0 Å². The highest BCUT2D eigenvalue weighted by atomic mass is 16.1. The standard InChI is InChI=1S/C11H23N3O/c1-9(6-12-3)7-14-5-4-11(15)13-10(2)8-14/h9-10,12H,4-8H2,1-3H3,(H,13,15). The summed E-state index contributed by atoms with van der Waals surface area (Å²) < 4.78 is 0. The van der Waals surface area contributed by atoms with E-state index in [1.807, 2.05) is 7.05 Å². The minimum absolute atomic E-state index is 0.186. The van der Waals surface area contributed by atoms with E-state index in [9.17, 15) is 4.79 Å². The molecule has 0 spiro atoms. The van der Waals surface area contributed by atoms with E-state index in [2.05, 4.69) is 29.4 Å². The van der Waals surface area contributed by atoms with Crippen LogP contribution in [0.5, 0.6) is 0 Å². The molecule has 4 heteroatoms. The lowest BCUT2D eigenvalue weighted by molar-refractivity contribution is -0.121. The highest BCUT2D eigenvalue weighted by Gasteiger charge is 2.19. The van der Waals surface area contributed by atoms with Crippen LogP contribution in [-0.4, -0.2) is 50.1 Å². The second-order valence-electron chi connectivity index (χ2n) is 4.64. The van der Waals surface area contributed by atoms with E-state index in [0.29, 0.717) is 12.3 Å². The van der Waals surface area contributed by atoms with Crippen LogP contribution >= 0.6 is 0 Å². The number of hydrogen-bond donors (Lipinski definition) is 2. The summed E-state index contributed by atoms with van der Waals surface area (Å²) in [6, 6.07) is 0.279. The van der Waals surface area contributed by atoms with Gasteiger partial charge in [-0.15, -0.1) is 0 Å². The summed E-state index contributed by atoms with van der Waals surface area (Å²) in [6.45, 7) is 8.27. The minimum Gasteiger partial charge on any atom is -0.352 e. The van der Waals surface area contributed by atoms with E-state index in [-0.39, 0.29) is 11.9 Å². The van der Waals surface area contributed by atoms with Crippen molar-refractivity contribution < 1.29 is 4.79 Å². The van der Waals surface area contributed by atoms with Crippen LogP contribution in [0.25, 0.3) is 0 Å². The van der Waals surface area contributed by atoms with Gasteiger partial charge in [-0.1, -0.05) is 6.92 Å². The Morgan fingerprint density at radius 2 is 2.40 bits per heavy atom. The molecular formula is C11H23N3O. The Morgan fingerprint density at radius 3 is 3.07 bits per heavy atom. The van der Waals surface area contributed by atoms with Crippen LogP contribution in [0.3, 0.4) is 0 Å². The first-order chi connectivity index (χ1) is 7.11. The predicted molar refractivity (Wildman–Crippen MR) is 61.8 cm³/mol. The summed E-state index contributed by atoms with van der Waals surface area (Å²) in [4.78, 5) is 13.7. The molecule has 1 aliphatic heterocycles. The van der Waals surface area contributed by atoms with Gasteiger partial charge in [-0.3, -0.25) is 4.79 Å². The molecule has 2 atom stereocenters. The monoisotopic (exact) mass is 213 g/mol. The van der Waals surface area contributed by atoms with Gasteiger partial charge < -0.3 is 15.5 Å². The smallest absolute Gasteiger partial charge is 0.221 e. The number of amides is 1. The van der Waals surface area contributed by atoms with Crippen molar-refractivity contribution in [1.29, 1.82) is 0 Å². The summed E-state index contributed by atoms with van der Waals surface area (Å²) in [5.74, 6) is 0.821. The first-order valence-electron chi connectivity index (χ1n) is 5.78. The zero-order valence-corrected chi connectivity index (χ0v) is 10.0. The van der Waals surface area contributed by atoms with Gasteiger partial charge >= 0.3 is 0 Å². The van der Waals surface area contributed by atoms with E-state index < -0.39 is 0 Å². The van der Waals surface area contributed by atoms with Crippen molar-refractivity contribution in [3.8, 4) is 0 Å². The Balaban J connectivity index is 2.37. The number of carbonyl (C=O) groups excluding carboxylic acids is 1. The summed E-state index contributed by atoms with van der Waals surface area (Å²) in [5.41, 5.74) is 0. The lowest BCUT2D eigenvalue weighted by Crippen LogP contribution is -2.39. The molecule has 88 valence electrons. The van der Waals surface area contributed by atoms with Crippen LogP contribution < -0.4 is 10.6 Å². The highest BCUT2D eigenvalue weighted by Crippen LogP contribution is 2.05. The van der Waals surface area contributed by atoms with E-state index in [4.69, 9.17) is 0 Å². The molecule has 0 aliphatic carbocycles. The van der Waals surface area contributed by atoms with Crippen molar-refractivity contribution in [2.24, 2.45) is 5.92 Å². The average molecular weight is 213 g/mol. The molecule has 0 bridgehead atoms. The number of rotatable bonds is 4. The summed E-state index contributed by atoms with van der Waals surface area (Å²) >= 11 is 0. The maximum Gasteiger partial charge on any atom is 0.221 e. The Kier molecular flexibility index (Phi) is 5.05. The van der Waals surface area contributed by atoms with E-state index in [0.717, 1.165) is 26.2 Å². The van der Waals surface area contributed by atoms with E-state index in [1.54, 1.807) is 0 Å². The van der Waals surface area contributed by atoms with Crippen LogP contribution in [0.1, 0.15) is 20.3 Å². The maximum atomic E-state index is 11.3. The largest absolute Gasteiger partial charge is 0.352 e. The SMILES string of the molecule is CNCC(C)CN1CCC(=O)NC(C)C1. The summed E-state index contributed by atoms with van der Waals surface area (Å²) in [7, 11) is 1.98. The lowest BCUT2D eigenvalue weighted by atomic mass is 10.1. The molecule has 1 rings (SSSR count). The quantitative estimate of drug-likeness (QED) is 0.694. The van der Waals surface area contributed by atoms with Crippen molar-refractivity contribution in [3.63, 3.8) is 0 Å². The van der Waals surface area contributed by atoms with Crippen molar-refractivity contribution >= 4 is 5.91 Å². The third-order valence-electron chi connectivity index (χ3n) is 2.72. The zero-order chi connectivity index (χ0) is 11.3. The topological polar surface area (TPSA) is 44.4 Å². The summed E-state index contributed by atoms with van der Waals surface area (Å²) in [6.07, 6.45) is 0.636. The molecule has 1 heterocycles. The molecule has 15 heavy (non-hydrogen) atoms. The second-order valence-corrected chi connectivity index (χ2v) is 4.64. The van der Waals surface area contributed by atoms with Gasteiger partial charge in [0.2, 0.25) is 5.91 Å². The molecule has 0 aromatic rings. The fourth-order valence-electron chi connectivity index (χ4n) is 2.15.